The van der Waals surface area contributed by atoms with Crippen molar-refractivity contribution in [1.82, 2.24) is 4.90 Å². The molecule has 88 valence electrons. The molecule has 0 unspecified atom stereocenters. The number of methoxy groups -OCH3 is 1. The van der Waals surface area contributed by atoms with Crippen LogP contribution in [0.4, 0.5) is 0 Å². The number of carbonyl (C=O) groups is 1. The number of hydrogen-bond donors (Lipinski definition) is 1. The van der Waals surface area contributed by atoms with E-state index >= 15 is 0 Å². The summed E-state index contributed by atoms with van der Waals surface area (Å²) < 4.78 is 5.21. The van der Waals surface area contributed by atoms with Crippen molar-refractivity contribution in [2.45, 2.75) is 26.2 Å². The fourth-order valence-corrected chi connectivity index (χ4v) is 2.06. The second-order valence-electron chi connectivity index (χ2n) is 4.73. The van der Waals surface area contributed by atoms with Gasteiger partial charge in [0, 0.05) is 13.7 Å². The molecular formula is C11H21NO3. The van der Waals surface area contributed by atoms with E-state index in [-0.39, 0.29) is 11.8 Å². The molecule has 1 rings (SSSR count). The lowest BCUT2D eigenvalue weighted by atomic mass is 9.81. The number of rotatable bonds is 5. The minimum atomic E-state index is -0.708. The summed E-state index contributed by atoms with van der Waals surface area (Å²) in [5.74, 6) is -0.708. The van der Waals surface area contributed by atoms with E-state index in [0.29, 0.717) is 6.54 Å². The van der Waals surface area contributed by atoms with Crippen molar-refractivity contribution in [1.29, 1.82) is 0 Å². The first-order valence-corrected chi connectivity index (χ1v) is 5.49. The largest absolute Gasteiger partial charge is 0.481 e. The molecule has 0 aliphatic carbocycles. The first-order valence-electron chi connectivity index (χ1n) is 5.49. The summed E-state index contributed by atoms with van der Waals surface area (Å²) in [5.41, 5.74) is 0.286. The van der Waals surface area contributed by atoms with E-state index in [1.807, 2.05) is 0 Å². The molecule has 1 aliphatic heterocycles. The molecule has 0 radical (unpaired) electrons. The van der Waals surface area contributed by atoms with Gasteiger partial charge in [-0.2, -0.15) is 0 Å². The van der Waals surface area contributed by atoms with Crippen LogP contribution in [-0.2, 0) is 9.53 Å². The van der Waals surface area contributed by atoms with E-state index in [0.717, 1.165) is 32.5 Å². The zero-order valence-corrected chi connectivity index (χ0v) is 9.66. The summed E-state index contributed by atoms with van der Waals surface area (Å²) >= 11 is 0. The second kappa shape index (κ2) is 5.47. The van der Waals surface area contributed by atoms with Crippen molar-refractivity contribution in [2.24, 2.45) is 5.41 Å². The Morgan fingerprint density at radius 1 is 1.47 bits per heavy atom. The van der Waals surface area contributed by atoms with E-state index < -0.39 is 5.97 Å². The maximum Gasteiger partial charge on any atom is 0.304 e. The molecule has 1 fully saturated rings. The molecule has 0 atom stereocenters. The molecule has 15 heavy (non-hydrogen) atoms. The van der Waals surface area contributed by atoms with Crippen LogP contribution in [0.1, 0.15) is 26.2 Å². The Balaban J connectivity index is 2.26. The molecule has 1 heterocycles. The van der Waals surface area contributed by atoms with Crippen LogP contribution in [0, 0.1) is 5.41 Å². The Hall–Kier alpha value is -0.610. The number of nitrogens with zero attached hydrogens (tertiary/aromatic N) is 1. The Morgan fingerprint density at radius 2 is 2.07 bits per heavy atom. The molecule has 0 bridgehead atoms. The molecule has 4 nitrogen and oxygen atoms in total. The molecule has 1 saturated heterocycles. The van der Waals surface area contributed by atoms with Gasteiger partial charge in [0.2, 0.25) is 0 Å². The predicted octanol–water partition coefficient (Wildman–Crippen LogP) is 1.21. The Bertz CT molecular complexity index is 210. The lowest BCUT2D eigenvalue weighted by Gasteiger charge is -2.38. The monoisotopic (exact) mass is 215 g/mol. The zero-order chi connectivity index (χ0) is 11.3. The fourth-order valence-electron chi connectivity index (χ4n) is 2.06. The Kier molecular flexibility index (Phi) is 4.54. The van der Waals surface area contributed by atoms with Gasteiger partial charge in [0.15, 0.2) is 0 Å². The number of carboxylic acid groups (broad SMARTS) is 1. The smallest absolute Gasteiger partial charge is 0.304 e. The van der Waals surface area contributed by atoms with Crippen molar-refractivity contribution in [3.63, 3.8) is 0 Å². The molecular weight excluding hydrogens is 194 g/mol. The summed E-state index contributed by atoms with van der Waals surface area (Å²) in [6, 6.07) is 0. The van der Waals surface area contributed by atoms with Crippen LogP contribution in [0.25, 0.3) is 0 Å². The Labute approximate surface area is 91.2 Å². The van der Waals surface area contributed by atoms with Crippen molar-refractivity contribution in [3.8, 4) is 0 Å². The number of aliphatic carboxylic acids is 1. The highest BCUT2D eigenvalue weighted by Gasteiger charge is 2.29. The van der Waals surface area contributed by atoms with Crippen molar-refractivity contribution in [3.05, 3.63) is 0 Å². The van der Waals surface area contributed by atoms with Crippen LogP contribution < -0.4 is 0 Å². The van der Waals surface area contributed by atoms with Gasteiger partial charge in [0.05, 0.1) is 13.0 Å². The lowest BCUT2D eigenvalue weighted by molar-refractivity contribution is -0.137. The standard InChI is InChI=1S/C11H21NO3/c1-11(9-15-2)4-7-12(8-5-11)6-3-10(13)14/h3-9H2,1-2H3,(H,13,14). The normalized spacial score (nSPS) is 21.5. The van der Waals surface area contributed by atoms with Gasteiger partial charge in [-0.05, 0) is 31.3 Å². The summed E-state index contributed by atoms with van der Waals surface area (Å²) in [6.07, 6.45) is 2.45. The van der Waals surface area contributed by atoms with Crippen molar-refractivity contribution in [2.75, 3.05) is 33.4 Å². The molecule has 4 heteroatoms. The number of hydrogen-bond acceptors (Lipinski definition) is 3. The predicted molar refractivity (Wildman–Crippen MR) is 57.9 cm³/mol. The summed E-state index contributed by atoms with van der Waals surface area (Å²) in [5, 5.41) is 8.58. The molecule has 0 aromatic carbocycles. The first-order chi connectivity index (χ1) is 7.06. The number of piperidine rings is 1. The van der Waals surface area contributed by atoms with Crippen LogP contribution in [0.3, 0.4) is 0 Å². The summed E-state index contributed by atoms with van der Waals surface area (Å²) in [6.45, 7) is 5.71. The van der Waals surface area contributed by atoms with Crippen LogP contribution in [0.15, 0.2) is 0 Å². The van der Waals surface area contributed by atoms with Crippen LogP contribution in [0.2, 0.25) is 0 Å². The topological polar surface area (TPSA) is 49.8 Å². The Morgan fingerprint density at radius 3 is 2.53 bits per heavy atom. The quantitative estimate of drug-likeness (QED) is 0.749. The number of ether oxygens (including phenoxy) is 1. The van der Waals surface area contributed by atoms with Gasteiger partial charge >= 0.3 is 5.97 Å². The molecule has 0 spiro atoms. The molecule has 1 aliphatic rings. The van der Waals surface area contributed by atoms with Gasteiger partial charge in [-0.15, -0.1) is 0 Å². The summed E-state index contributed by atoms with van der Waals surface area (Å²) in [7, 11) is 1.74. The fraction of sp³-hybridized carbons (Fsp3) is 0.909. The maximum absolute atomic E-state index is 10.4. The molecule has 0 amide bonds. The van der Waals surface area contributed by atoms with E-state index in [9.17, 15) is 4.79 Å². The van der Waals surface area contributed by atoms with E-state index in [1.165, 1.54) is 0 Å². The van der Waals surface area contributed by atoms with E-state index in [4.69, 9.17) is 9.84 Å². The molecule has 1 N–H and O–H groups in total. The first kappa shape index (κ1) is 12.5. The van der Waals surface area contributed by atoms with Gasteiger partial charge in [-0.3, -0.25) is 4.79 Å². The number of likely N-dealkylation sites (tertiary alicyclic amines) is 1. The van der Waals surface area contributed by atoms with Crippen LogP contribution in [-0.4, -0.2) is 49.3 Å². The zero-order valence-electron chi connectivity index (χ0n) is 9.66. The van der Waals surface area contributed by atoms with Gasteiger partial charge in [0.25, 0.3) is 0 Å². The van der Waals surface area contributed by atoms with Gasteiger partial charge in [0.1, 0.15) is 0 Å². The molecule has 0 aromatic rings. The molecule has 0 aromatic heterocycles. The highest BCUT2D eigenvalue weighted by atomic mass is 16.5. The van der Waals surface area contributed by atoms with Crippen molar-refractivity contribution < 1.29 is 14.6 Å². The van der Waals surface area contributed by atoms with Gasteiger partial charge < -0.3 is 14.7 Å². The van der Waals surface area contributed by atoms with Crippen molar-refractivity contribution >= 4 is 5.97 Å². The third-order valence-electron chi connectivity index (χ3n) is 3.20. The average Bonchev–Trinajstić information content (AvgIpc) is 2.17. The SMILES string of the molecule is COCC1(C)CCN(CCC(=O)O)CC1. The van der Waals surface area contributed by atoms with Gasteiger partial charge in [-0.25, -0.2) is 0 Å². The van der Waals surface area contributed by atoms with Crippen LogP contribution in [0.5, 0.6) is 0 Å². The number of carboxylic acids is 1. The van der Waals surface area contributed by atoms with Gasteiger partial charge in [-0.1, -0.05) is 6.92 Å². The molecule has 0 saturated carbocycles. The highest BCUT2D eigenvalue weighted by Crippen LogP contribution is 2.30. The van der Waals surface area contributed by atoms with E-state index in [1.54, 1.807) is 7.11 Å². The third-order valence-corrected chi connectivity index (χ3v) is 3.20. The second-order valence-corrected chi connectivity index (χ2v) is 4.73. The maximum atomic E-state index is 10.4. The third kappa shape index (κ3) is 4.18. The summed E-state index contributed by atoms with van der Waals surface area (Å²) in [4.78, 5) is 12.7. The minimum absolute atomic E-state index is 0.251. The highest BCUT2D eigenvalue weighted by molar-refractivity contribution is 5.66. The lowest BCUT2D eigenvalue weighted by Crippen LogP contribution is -2.41. The average molecular weight is 215 g/mol. The van der Waals surface area contributed by atoms with E-state index in [2.05, 4.69) is 11.8 Å². The minimum Gasteiger partial charge on any atom is -0.481 e. The van der Waals surface area contributed by atoms with Crippen LogP contribution >= 0.6 is 0 Å².